The summed E-state index contributed by atoms with van der Waals surface area (Å²) in [5.41, 5.74) is 7.42. The van der Waals surface area contributed by atoms with Crippen molar-refractivity contribution in [1.29, 1.82) is 0 Å². The number of rotatable bonds is 7. The minimum Gasteiger partial charge on any atom is -0.461 e. The molecule has 5 aliphatic rings. The zero-order valence-corrected chi connectivity index (χ0v) is 44.7. The number of carbonyl (C=O) groups is 3. The van der Waals surface area contributed by atoms with Crippen LogP contribution in [0.15, 0.2) is 71.9 Å². The van der Waals surface area contributed by atoms with E-state index in [0.29, 0.717) is 76.2 Å². The second kappa shape index (κ2) is 26.4. The number of piperidine rings is 1. The Morgan fingerprint density at radius 3 is 2.39 bits per heavy atom. The summed E-state index contributed by atoms with van der Waals surface area (Å²) in [5.74, 6) is -4.00. The lowest BCUT2D eigenvalue weighted by Gasteiger charge is -2.42. The number of ketones is 1. The second-order valence-electron chi connectivity index (χ2n) is 22.2. The lowest BCUT2D eigenvalue weighted by molar-refractivity contribution is -0.289. The molecule has 0 spiro atoms. The quantitative estimate of drug-likeness (QED) is 0.0992. The van der Waals surface area contributed by atoms with Crippen LogP contribution in [0.1, 0.15) is 131 Å². The van der Waals surface area contributed by atoms with E-state index in [1.165, 1.54) is 18.1 Å². The van der Waals surface area contributed by atoms with E-state index in [9.17, 15) is 42.9 Å². The first kappa shape index (κ1) is 59.3. The van der Waals surface area contributed by atoms with Crippen LogP contribution in [-0.4, -0.2) is 131 Å². The highest BCUT2D eigenvalue weighted by molar-refractivity contribution is 5.89. The van der Waals surface area contributed by atoms with E-state index in [1.807, 2.05) is 65.0 Å². The number of fused-ring (bicyclic) bond motifs is 5. The molecule has 4 heterocycles. The predicted octanol–water partition coefficient (Wildman–Crippen LogP) is 8.38. The van der Waals surface area contributed by atoms with Crippen molar-refractivity contribution in [3.8, 4) is 0 Å². The fourth-order valence-corrected chi connectivity index (χ4v) is 11.6. The second-order valence-corrected chi connectivity index (χ2v) is 22.2. The van der Waals surface area contributed by atoms with Crippen molar-refractivity contribution in [2.24, 2.45) is 35.3 Å². The van der Waals surface area contributed by atoms with E-state index in [0.717, 1.165) is 24.1 Å². The van der Waals surface area contributed by atoms with Gasteiger partial charge in [0.1, 0.15) is 30.5 Å². The summed E-state index contributed by atoms with van der Waals surface area (Å²) in [4.78, 5) is 44.3. The van der Waals surface area contributed by atoms with Crippen molar-refractivity contribution in [2.45, 2.75) is 204 Å². The Labute approximate surface area is 436 Å². The Hall–Kier alpha value is -3.94. The number of aliphatic hydroxyl groups is 3. The number of methoxy groups -OCH3 is 2. The number of halogens is 3. The smallest absolute Gasteiger partial charge is 0.416 e. The number of benzene rings is 1. The van der Waals surface area contributed by atoms with Crippen LogP contribution in [0.3, 0.4) is 0 Å². The van der Waals surface area contributed by atoms with Gasteiger partial charge in [-0.05, 0) is 139 Å². The minimum atomic E-state index is -4.55. The highest BCUT2D eigenvalue weighted by Crippen LogP contribution is 2.46. The van der Waals surface area contributed by atoms with Crippen LogP contribution < -0.4 is 11.1 Å². The van der Waals surface area contributed by atoms with Crippen LogP contribution >= 0.6 is 0 Å². The normalized spacial score (nSPS) is 39.6. The molecule has 1 aliphatic carbocycles. The first-order valence-corrected chi connectivity index (χ1v) is 27.0. The topological polar surface area (TPSA) is 203 Å². The Bertz CT molecular complexity index is 2170. The zero-order chi connectivity index (χ0) is 54.1. The average Bonchev–Trinajstić information content (AvgIpc) is 4.18. The SMILES string of the molecule is COC1CC(C[C@@H](C)[C@@H]2CC[C@H](N)/C=C(\C)C(O)[C@@H](OC)C(=O)C(C)C[C@H](C)/C=C/C=C/C=C(\C)[C@H](Nc3cccc(C(F)(F)F)c3)C[C@@H]3CCC(C)C(O)(O3)C3OC3C(=O)N3CCCCC3C(=O)O2)CC[C@H]1O. The summed E-state index contributed by atoms with van der Waals surface area (Å²) in [6.07, 6.45) is 6.93. The number of nitrogens with one attached hydrogen (secondary N) is 1. The molecular formula is C57H84F3N3O11. The summed E-state index contributed by atoms with van der Waals surface area (Å²) in [5, 5.41) is 37.7. The maximum absolute atomic E-state index is 14.5. The van der Waals surface area contributed by atoms with Crippen molar-refractivity contribution in [1.82, 2.24) is 4.90 Å². The van der Waals surface area contributed by atoms with E-state index in [4.69, 9.17) is 29.4 Å². The maximum atomic E-state index is 14.5. The molecule has 17 heteroatoms. The number of ether oxygens (including phenoxy) is 5. The molecular weight excluding hydrogens is 960 g/mol. The first-order chi connectivity index (χ1) is 35.0. The van der Waals surface area contributed by atoms with Gasteiger partial charge in [-0.3, -0.25) is 9.59 Å². The number of nitrogens with two attached hydrogens (primary N) is 1. The number of nitrogens with zero attached hydrogens (tertiary/aromatic N) is 1. The third-order valence-electron chi connectivity index (χ3n) is 16.3. The number of hydrogen-bond donors (Lipinski definition) is 5. The van der Waals surface area contributed by atoms with Gasteiger partial charge in [-0.2, -0.15) is 13.2 Å². The standard InChI is InChI=1S/C57H84F3N3O11/c1-33-15-10-9-11-16-34(2)44(62-42-18-14-17-40(31-42)57(58,59)60)32-43-23-20-38(6)56(69,74-43)53-52(73-53)54(67)63-26-13-12-19-45(63)55(68)72-47(35(3)28-39-21-24-46(64)48(30-39)70-7)25-22-41(61)29-37(5)50(66)51(71-8)49(65)36(4)27-33/h9-11,14-18,29,31,33,35-36,38-39,41,43-48,50-53,62,64,66,69H,12-13,19-28,30,32,61H2,1-8H3/b11-9+,15-10+,34-16+,37-29+/t33-,35-,36?,38?,39?,41+,43+,44-,45?,46-,47+,48?,50?,51+,52?,53?,56?/m1/s1. The van der Waals surface area contributed by atoms with Gasteiger partial charge in [-0.15, -0.1) is 0 Å². The largest absolute Gasteiger partial charge is 0.461 e. The number of allylic oxidation sites excluding steroid dienone is 5. The third-order valence-corrected chi connectivity index (χ3v) is 16.3. The zero-order valence-electron chi connectivity index (χ0n) is 44.7. The number of alkyl halides is 3. The molecule has 6 N–H and O–H groups in total. The summed E-state index contributed by atoms with van der Waals surface area (Å²) in [6, 6.07) is 2.96. The summed E-state index contributed by atoms with van der Waals surface area (Å²) in [6.45, 7) is 11.5. The molecule has 6 rings (SSSR count). The molecule has 414 valence electrons. The van der Waals surface area contributed by atoms with Gasteiger partial charge in [0.2, 0.25) is 0 Å². The lowest BCUT2D eigenvalue weighted by Crippen LogP contribution is -2.55. The van der Waals surface area contributed by atoms with Gasteiger partial charge in [-0.25, -0.2) is 4.79 Å². The lowest BCUT2D eigenvalue weighted by atomic mass is 9.78. The highest BCUT2D eigenvalue weighted by atomic mass is 19.4. The van der Waals surface area contributed by atoms with Crippen LogP contribution in [0, 0.1) is 29.6 Å². The van der Waals surface area contributed by atoms with Crippen LogP contribution in [0.25, 0.3) is 0 Å². The van der Waals surface area contributed by atoms with Crippen molar-refractivity contribution >= 4 is 23.3 Å². The number of aliphatic hydroxyl groups excluding tert-OH is 2. The number of esters is 1. The van der Waals surface area contributed by atoms with Gasteiger partial charge in [0.15, 0.2) is 17.7 Å². The van der Waals surface area contributed by atoms with Gasteiger partial charge in [0, 0.05) is 50.4 Å². The van der Waals surface area contributed by atoms with Crippen molar-refractivity contribution in [3.05, 3.63) is 77.4 Å². The molecule has 1 saturated carbocycles. The fraction of sp³-hybridized carbons (Fsp3) is 0.702. The fourth-order valence-electron chi connectivity index (χ4n) is 11.6. The molecule has 0 aromatic heterocycles. The summed E-state index contributed by atoms with van der Waals surface area (Å²) < 4.78 is 71.7. The van der Waals surface area contributed by atoms with Gasteiger partial charge in [-0.1, -0.05) is 75.8 Å². The van der Waals surface area contributed by atoms with Crippen LogP contribution in [0.4, 0.5) is 18.9 Å². The van der Waals surface area contributed by atoms with E-state index >= 15 is 0 Å². The molecule has 1 aromatic carbocycles. The molecule has 4 fully saturated rings. The summed E-state index contributed by atoms with van der Waals surface area (Å²) in [7, 11) is 2.99. The Morgan fingerprint density at radius 1 is 0.919 bits per heavy atom. The predicted molar refractivity (Wildman–Crippen MR) is 275 cm³/mol. The van der Waals surface area contributed by atoms with E-state index < -0.39 is 102 Å². The first-order valence-electron chi connectivity index (χ1n) is 27.0. The molecule has 74 heavy (non-hydrogen) atoms. The molecule has 1 aromatic rings. The Morgan fingerprint density at radius 2 is 1.68 bits per heavy atom. The molecule has 3 saturated heterocycles. The number of hydrogen-bond acceptors (Lipinski definition) is 13. The van der Waals surface area contributed by atoms with Gasteiger partial charge >= 0.3 is 12.1 Å². The van der Waals surface area contributed by atoms with Crippen molar-refractivity contribution in [2.75, 3.05) is 26.1 Å². The number of epoxide rings is 1. The molecule has 2 bridgehead atoms. The maximum Gasteiger partial charge on any atom is 0.416 e. The Kier molecular flexibility index (Phi) is 21.2. The molecule has 4 aliphatic heterocycles. The molecule has 17 atom stereocenters. The molecule has 0 radical (unpaired) electrons. The van der Waals surface area contributed by atoms with Gasteiger partial charge in [0.05, 0.1) is 23.9 Å². The third kappa shape index (κ3) is 15.4. The highest BCUT2D eigenvalue weighted by Gasteiger charge is 2.64. The number of carbonyl (C=O) groups excluding carboxylic acids is 3. The Balaban J connectivity index is 1.29. The molecule has 1 amide bonds. The van der Waals surface area contributed by atoms with Gasteiger partial charge < -0.3 is 55.0 Å². The van der Waals surface area contributed by atoms with Crippen LogP contribution in [-0.2, 0) is 44.2 Å². The van der Waals surface area contributed by atoms with Crippen molar-refractivity contribution in [3.63, 3.8) is 0 Å². The number of amides is 1. The average molecular weight is 1040 g/mol. The minimum absolute atomic E-state index is 0.0364. The van der Waals surface area contributed by atoms with E-state index in [2.05, 4.69) is 5.32 Å². The monoisotopic (exact) mass is 1040 g/mol. The molecule has 14 nitrogen and oxygen atoms in total. The number of cyclic esters (lactones) is 1. The van der Waals surface area contributed by atoms with Crippen LogP contribution in [0.2, 0.25) is 0 Å². The number of anilines is 1. The van der Waals surface area contributed by atoms with E-state index in [1.54, 1.807) is 26.2 Å². The number of Topliss-reactive ketones (excluding diaryl/α,β-unsaturated/α-hetero) is 1. The van der Waals surface area contributed by atoms with Crippen molar-refractivity contribution < 1.29 is 66.6 Å². The molecule has 9 unspecified atom stereocenters. The van der Waals surface area contributed by atoms with Crippen LogP contribution in [0.5, 0.6) is 0 Å². The van der Waals surface area contributed by atoms with E-state index in [-0.39, 0.29) is 48.3 Å². The summed E-state index contributed by atoms with van der Waals surface area (Å²) >= 11 is 0. The van der Waals surface area contributed by atoms with Gasteiger partial charge in [0.25, 0.3) is 5.91 Å².